The Labute approximate surface area is 126 Å². The highest BCUT2D eigenvalue weighted by molar-refractivity contribution is 7.62. The molecule has 8 heteroatoms. The van der Waals surface area contributed by atoms with Gasteiger partial charge in [-0.1, -0.05) is 16.5 Å². The third kappa shape index (κ3) is 2.86. The van der Waals surface area contributed by atoms with Crippen molar-refractivity contribution in [3.8, 4) is 11.5 Å². The summed E-state index contributed by atoms with van der Waals surface area (Å²) in [5, 5.41) is 0.853. The molecule has 0 aliphatic carbocycles. The van der Waals surface area contributed by atoms with Crippen LogP contribution < -0.4 is 4.74 Å². The number of aromatic nitrogens is 2. The molecule has 0 saturated heterocycles. The molecule has 1 amide bonds. The number of nitrogens with zero attached hydrogens (tertiary/aromatic N) is 2. The minimum atomic E-state index is -2.81. The molecule has 2 aromatic heterocycles. The Morgan fingerprint density at radius 1 is 1.23 bits per heavy atom. The highest BCUT2D eigenvalue weighted by atomic mass is 32.2. The van der Waals surface area contributed by atoms with E-state index in [9.17, 15) is 13.2 Å². The van der Waals surface area contributed by atoms with Crippen molar-refractivity contribution in [3.05, 3.63) is 54.4 Å². The van der Waals surface area contributed by atoms with Crippen molar-refractivity contribution in [1.29, 1.82) is 0 Å². The van der Waals surface area contributed by atoms with E-state index in [-0.39, 0.29) is 11.3 Å². The number of amides is 1. The van der Waals surface area contributed by atoms with Crippen LogP contribution in [0.3, 0.4) is 0 Å². The Morgan fingerprint density at radius 2 is 2.05 bits per heavy atom. The average Bonchev–Trinajstić information content (AvgIpc) is 2.94. The number of para-hydroxylation sites is 1. The summed E-state index contributed by atoms with van der Waals surface area (Å²) in [6.45, 7) is 0. The fourth-order valence-corrected chi connectivity index (χ4v) is 2.19. The first-order chi connectivity index (χ1) is 10.6. The SMILES string of the molecule is O=C(N=S(=O)=O)c1ccccc1Oc1cnc2[nH]ccc2c1. The van der Waals surface area contributed by atoms with Crippen LogP contribution in [0.1, 0.15) is 10.4 Å². The summed E-state index contributed by atoms with van der Waals surface area (Å²) in [4.78, 5) is 18.9. The van der Waals surface area contributed by atoms with Gasteiger partial charge in [0, 0.05) is 11.6 Å². The maximum absolute atomic E-state index is 11.8. The predicted octanol–water partition coefficient (Wildman–Crippen LogP) is 2.56. The number of carbonyl (C=O) groups excluding carboxylic acids is 1. The van der Waals surface area contributed by atoms with E-state index in [0.29, 0.717) is 11.4 Å². The number of hydrogen-bond acceptors (Lipinski definition) is 5. The summed E-state index contributed by atoms with van der Waals surface area (Å²) in [6, 6.07) is 9.85. The van der Waals surface area contributed by atoms with Gasteiger partial charge in [0.1, 0.15) is 17.1 Å². The maximum Gasteiger partial charge on any atom is 0.319 e. The smallest absolute Gasteiger partial charge is 0.319 e. The van der Waals surface area contributed by atoms with Gasteiger partial charge in [-0.3, -0.25) is 4.79 Å². The van der Waals surface area contributed by atoms with E-state index in [2.05, 4.69) is 14.3 Å². The van der Waals surface area contributed by atoms with Gasteiger partial charge in [-0.2, -0.15) is 8.42 Å². The summed E-state index contributed by atoms with van der Waals surface area (Å²) in [5.74, 6) is -0.256. The second-order valence-corrected chi connectivity index (χ2v) is 4.92. The molecule has 110 valence electrons. The monoisotopic (exact) mass is 315 g/mol. The Balaban J connectivity index is 1.98. The number of pyridine rings is 1. The molecule has 0 radical (unpaired) electrons. The van der Waals surface area contributed by atoms with Gasteiger partial charge < -0.3 is 9.72 Å². The summed E-state index contributed by atoms with van der Waals surface area (Å²) < 4.78 is 29.7. The molecule has 0 aliphatic rings. The van der Waals surface area contributed by atoms with Crippen molar-refractivity contribution in [2.75, 3.05) is 0 Å². The number of benzene rings is 1. The van der Waals surface area contributed by atoms with Crippen LogP contribution >= 0.6 is 0 Å². The highest BCUT2D eigenvalue weighted by Gasteiger charge is 2.13. The standard InChI is InChI=1S/C14H9N3O4S/c18-14(17-22(19)20)11-3-1-2-4-12(11)21-10-7-9-5-6-15-13(9)16-8-10/h1-8H,(H,15,16). The number of carbonyl (C=O) groups is 1. The van der Waals surface area contributed by atoms with Crippen LogP contribution in [-0.4, -0.2) is 24.3 Å². The van der Waals surface area contributed by atoms with Gasteiger partial charge in [-0.15, -0.1) is 0 Å². The maximum atomic E-state index is 11.8. The van der Waals surface area contributed by atoms with Crippen molar-refractivity contribution in [2.24, 2.45) is 4.36 Å². The summed E-state index contributed by atoms with van der Waals surface area (Å²) >= 11 is 0. The fourth-order valence-electron chi connectivity index (χ4n) is 1.95. The van der Waals surface area contributed by atoms with Crippen LogP contribution in [0.25, 0.3) is 11.0 Å². The summed E-state index contributed by atoms with van der Waals surface area (Å²) in [5.41, 5.74) is 0.773. The molecule has 0 unspecified atom stereocenters. The van der Waals surface area contributed by atoms with E-state index in [1.54, 1.807) is 30.5 Å². The molecule has 0 aliphatic heterocycles. The van der Waals surface area contributed by atoms with Gasteiger partial charge in [0.25, 0.3) is 5.91 Å². The number of rotatable bonds is 3. The Kier molecular flexibility index (Phi) is 3.67. The number of aromatic amines is 1. The van der Waals surface area contributed by atoms with Crippen LogP contribution in [0.5, 0.6) is 11.5 Å². The van der Waals surface area contributed by atoms with E-state index < -0.39 is 16.4 Å². The van der Waals surface area contributed by atoms with E-state index in [0.717, 1.165) is 5.39 Å². The molecule has 2 heterocycles. The zero-order valence-corrected chi connectivity index (χ0v) is 11.9. The molecular formula is C14H9N3O4S. The zero-order valence-electron chi connectivity index (χ0n) is 11.1. The first kappa shape index (κ1) is 14.0. The minimum Gasteiger partial charge on any atom is -0.455 e. The lowest BCUT2D eigenvalue weighted by atomic mass is 10.2. The van der Waals surface area contributed by atoms with Crippen molar-refractivity contribution in [2.45, 2.75) is 0 Å². The Bertz CT molecular complexity index is 984. The van der Waals surface area contributed by atoms with Gasteiger partial charge in [-0.25, -0.2) is 4.98 Å². The third-order valence-corrected chi connectivity index (χ3v) is 3.19. The van der Waals surface area contributed by atoms with Crippen LogP contribution in [0.15, 0.2) is 53.2 Å². The number of ether oxygens (including phenoxy) is 1. The van der Waals surface area contributed by atoms with Crippen LogP contribution in [0, 0.1) is 0 Å². The molecule has 0 fully saturated rings. The Morgan fingerprint density at radius 3 is 2.86 bits per heavy atom. The lowest BCUT2D eigenvalue weighted by Gasteiger charge is -2.08. The minimum absolute atomic E-state index is 0.0564. The molecule has 7 nitrogen and oxygen atoms in total. The highest BCUT2D eigenvalue weighted by Crippen LogP contribution is 2.27. The number of H-pyrrole nitrogens is 1. The zero-order chi connectivity index (χ0) is 15.5. The number of fused-ring (bicyclic) bond motifs is 1. The summed E-state index contributed by atoms with van der Waals surface area (Å²) in [6.07, 6.45) is 3.25. The molecule has 22 heavy (non-hydrogen) atoms. The fraction of sp³-hybridized carbons (Fsp3) is 0. The molecule has 3 rings (SSSR count). The van der Waals surface area contributed by atoms with Gasteiger partial charge in [0.05, 0.1) is 11.8 Å². The topological polar surface area (TPSA) is 101 Å². The molecule has 3 aromatic rings. The summed E-state index contributed by atoms with van der Waals surface area (Å²) in [7, 11) is -2.81. The lowest BCUT2D eigenvalue weighted by molar-refractivity contribution is 0.100. The molecular weight excluding hydrogens is 306 g/mol. The molecule has 1 N–H and O–H groups in total. The largest absolute Gasteiger partial charge is 0.455 e. The van der Waals surface area contributed by atoms with Crippen molar-refractivity contribution < 1.29 is 17.9 Å². The van der Waals surface area contributed by atoms with E-state index in [1.165, 1.54) is 12.3 Å². The third-order valence-electron chi connectivity index (χ3n) is 2.88. The Hall–Kier alpha value is -3.00. The lowest BCUT2D eigenvalue weighted by Crippen LogP contribution is -1.98. The molecule has 0 spiro atoms. The van der Waals surface area contributed by atoms with Crippen LogP contribution in [0.4, 0.5) is 0 Å². The van der Waals surface area contributed by atoms with Crippen molar-refractivity contribution in [1.82, 2.24) is 9.97 Å². The number of hydrogen-bond donors (Lipinski definition) is 1. The van der Waals surface area contributed by atoms with Gasteiger partial charge in [0.15, 0.2) is 0 Å². The first-order valence-electron chi connectivity index (χ1n) is 6.19. The van der Waals surface area contributed by atoms with Gasteiger partial charge >= 0.3 is 10.5 Å². The molecule has 1 aromatic carbocycles. The molecule has 0 bridgehead atoms. The second-order valence-electron chi connectivity index (χ2n) is 4.30. The predicted molar refractivity (Wildman–Crippen MR) is 78.3 cm³/mol. The van der Waals surface area contributed by atoms with Crippen molar-refractivity contribution in [3.63, 3.8) is 0 Å². The number of nitrogens with one attached hydrogen (secondary N) is 1. The van der Waals surface area contributed by atoms with Gasteiger partial charge in [0.2, 0.25) is 0 Å². The van der Waals surface area contributed by atoms with E-state index in [1.807, 2.05) is 6.07 Å². The molecule has 0 saturated carbocycles. The van der Waals surface area contributed by atoms with Crippen molar-refractivity contribution >= 4 is 27.4 Å². The molecule has 0 atom stereocenters. The van der Waals surface area contributed by atoms with Crippen LogP contribution in [0.2, 0.25) is 0 Å². The van der Waals surface area contributed by atoms with Crippen LogP contribution in [-0.2, 0) is 10.5 Å². The first-order valence-corrected chi connectivity index (χ1v) is 7.22. The second kappa shape index (κ2) is 5.78. The van der Waals surface area contributed by atoms with Gasteiger partial charge in [-0.05, 0) is 24.3 Å². The normalized spacial score (nSPS) is 10.4. The van der Waals surface area contributed by atoms with E-state index >= 15 is 0 Å². The van der Waals surface area contributed by atoms with E-state index in [4.69, 9.17) is 4.74 Å². The average molecular weight is 315 g/mol. The quantitative estimate of drug-likeness (QED) is 0.800.